The third-order valence-electron chi connectivity index (χ3n) is 2.02. The van der Waals surface area contributed by atoms with Crippen LogP contribution in [-0.4, -0.2) is 24.4 Å². The molecule has 0 aliphatic carbocycles. The van der Waals surface area contributed by atoms with E-state index >= 15 is 0 Å². The van der Waals surface area contributed by atoms with Crippen molar-refractivity contribution in [2.75, 3.05) is 13.2 Å². The maximum atomic E-state index is 5.41. The van der Waals surface area contributed by atoms with Crippen LogP contribution in [0.1, 0.15) is 12.8 Å². The maximum absolute atomic E-state index is 5.41. The number of nitrogens with zero attached hydrogens (tertiary/aromatic N) is 1. The summed E-state index contributed by atoms with van der Waals surface area (Å²) in [5.41, 5.74) is 0. The normalized spacial score (nSPS) is 22.8. The molecule has 1 aliphatic rings. The van der Waals surface area contributed by atoms with Crippen LogP contribution in [0.3, 0.4) is 0 Å². The van der Waals surface area contributed by atoms with Gasteiger partial charge in [-0.1, -0.05) is 5.16 Å². The van der Waals surface area contributed by atoms with Gasteiger partial charge >= 0.3 is 0 Å². The highest BCUT2D eigenvalue weighted by atomic mass is 16.5. The molecule has 66 valence electrons. The van der Waals surface area contributed by atoms with Gasteiger partial charge in [0.05, 0.1) is 0 Å². The van der Waals surface area contributed by atoms with E-state index < -0.39 is 0 Å². The van der Waals surface area contributed by atoms with E-state index in [9.17, 15) is 0 Å². The first-order chi connectivity index (χ1) is 5.95. The van der Waals surface area contributed by atoms with Crippen molar-refractivity contribution in [3.05, 3.63) is 12.5 Å². The summed E-state index contributed by atoms with van der Waals surface area (Å²) >= 11 is 0. The Labute approximate surface area is 70.9 Å². The Kier molecular flexibility index (Phi) is 2.27. The smallest absolute Gasteiger partial charge is 0.178 e. The van der Waals surface area contributed by atoms with Crippen LogP contribution in [0, 0.1) is 0 Å². The summed E-state index contributed by atoms with van der Waals surface area (Å²) in [4.78, 5) is 0. The van der Waals surface area contributed by atoms with Crippen LogP contribution in [0.2, 0.25) is 0 Å². The second kappa shape index (κ2) is 3.58. The van der Waals surface area contributed by atoms with E-state index in [1.54, 1.807) is 6.20 Å². The zero-order valence-electron chi connectivity index (χ0n) is 6.82. The van der Waals surface area contributed by atoms with Gasteiger partial charge in [0.15, 0.2) is 12.0 Å². The van der Waals surface area contributed by atoms with E-state index in [1.165, 1.54) is 19.1 Å². The Hall–Kier alpha value is -1.03. The van der Waals surface area contributed by atoms with Gasteiger partial charge in [0.1, 0.15) is 12.8 Å². The van der Waals surface area contributed by atoms with E-state index in [2.05, 4.69) is 15.0 Å². The largest absolute Gasteiger partial charge is 0.487 e. The molecule has 1 atom stereocenters. The second-order valence-electron chi connectivity index (χ2n) is 2.96. The monoisotopic (exact) mass is 168 g/mol. The molecule has 2 rings (SSSR count). The lowest BCUT2D eigenvalue weighted by molar-refractivity contribution is 0.274. The van der Waals surface area contributed by atoms with Crippen molar-refractivity contribution < 1.29 is 9.26 Å². The number of ether oxygens (including phenoxy) is 1. The van der Waals surface area contributed by atoms with Crippen LogP contribution in [0.4, 0.5) is 0 Å². The molecule has 4 heteroatoms. The minimum absolute atomic E-state index is 0.500. The molecule has 0 spiro atoms. The summed E-state index contributed by atoms with van der Waals surface area (Å²) in [5, 5.41) is 6.89. The molecule has 1 aromatic heterocycles. The topological polar surface area (TPSA) is 47.3 Å². The Morgan fingerprint density at radius 2 is 2.75 bits per heavy atom. The van der Waals surface area contributed by atoms with E-state index in [1.807, 2.05) is 0 Å². The fraction of sp³-hybridized carbons (Fsp3) is 0.625. The molecule has 12 heavy (non-hydrogen) atoms. The average Bonchev–Trinajstić information content (AvgIpc) is 2.74. The van der Waals surface area contributed by atoms with Crippen molar-refractivity contribution in [1.29, 1.82) is 0 Å². The van der Waals surface area contributed by atoms with Crippen molar-refractivity contribution in [1.82, 2.24) is 10.5 Å². The zero-order valence-corrected chi connectivity index (χ0v) is 6.82. The third-order valence-corrected chi connectivity index (χ3v) is 2.02. The minimum Gasteiger partial charge on any atom is -0.487 e. The lowest BCUT2D eigenvalue weighted by atomic mass is 10.2. The Bertz CT molecular complexity index is 217. The molecule has 0 amide bonds. The second-order valence-corrected chi connectivity index (χ2v) is 2.96. The average molecular weight is 168 g/mol. The maximum Gasteiger partial charge on any atom is 0.178 e. The molecule has 1 aliphatic heterocycles. The van der Waals surface area contributed by atoms with E-state index in [-0.39, 0.29) is 0 Å². The molecule has 1 fully saturated rings. The van der Waals surface area contributed by atoms with Crippen molar-refractivity contribution >= 4 is 0 Å². The van der Waals surface area contributed by atoms with Gasteiger partial charge in [0.2, 0.25) is 0 Å². The fourth-order valence-electron chi connectivity index (χ4n) is 1.36. The van der Waals surface area contributed by atoms with E-state index in [0.29, 0.717) is 18.4 Å². The first-order valence-electron chi connectivity index (χ1n) is 4.21. The third kappa shape index (κ3) is 1.76. The quantitative estimate of drug-likeness (QED) is 0.725. The predicted octanol–water partition coefficient (Wildman–Crippen LogP) is 0.805. The number of hydrogen-bond donors (Lipinski definition) is 1. The van der Waals surface area contributed by atoms with Gasteiger partial charge in [-0.15, -0.1) is 0 Å². The van der Waals surface area contributed by atoms with Crippen LogP contribution < -0.4 is 10.1 Å². The first kappa shape index (κ1) is 7.61. The number of nitrogens with one attached hydrogen (secondary N) is 1. The lowest BCUT2D eigenvalue weighted by Gasteiger charge is -2.09. The van der Waals surface area contributed by atoms with Gasteiger partial charge < -0.3 is 14.6 Å². The summed E-state index contributed by atoms with van der Waals surface area (Å²) in [6, 6.07) is 0.500. The van der Waals surface area contributed by atoms with Gasteiger partial charge in [-0.25, -0.2) is 0 Å². The van der Waals surface area contributed by atoms with Crippen LogP contribution in [-0.2, 0) is 0 Å². The molecule has 0 saturated carbocycles. The summed E-state index contributed by atoms with van der Waals surface area (Å²) in [6.45, 7) is 1.82. The summed E-state index contributed by atoms with van der Waals surface area (Å²) < 4.78 is 10.0. The van der Waals surface area contributed by atoms with E-state index in [0.717, 1.165) is 6.54 Å². The van der Waals surface area contributed by atoms with Crippen LogP contribution in [0.25, 0.3) is 0 Å². The summed E-state index contributed by atoms with van der Waals surface area (Å²) in [5.74, 6) is 0.712. The lowest BCUT2D eigenvalue weighted by Crippen LogP contribution is -2.28. The van der Waals surface area contributed by atoms with Crippen LogP contribution in [0.5, 0.6) is 5.75 Å². The highest BCUT2D eigenvalue weighted by Crippen LogP contribution is 2.10. The molecule has 1 saturated heterocycles. The molecule has 1 unspecified atom stereocenters. The molecule has 1 N–H and O–H groups in total. The van der Waals surface area contributed by atoms with Crippen molar-refractivity contribution in [3.8, 4) is 5.75 Å². The molecule has 0 radical (unpaired) electrons. The van der Waals surface area contributed by atoms with Gasteiger partial charge in [-0.3, -0.25) is 0 Å². The summed E-state index contributed by atoms with van der Waals surface area (Å²) in [6.07, 6.45) is 5.53. The van der Waals surface area contributed by atoms with Crippen molar-refractivity contribution in [2.45, 2.75) is 18.9 Å². The Balaban J connectivity index is 1.74. The Morgan fingerprint density at radius 3 is 3.42 bits per heavy atom. The molecule has 4 nitrogen and oxygen atoms in total. The predicted molar refractivity (Wildman–Crippen MR) is 43.0 cm³/mol. The van der Waals surface area contributed by atoms with Gasteiger partial charge in [0, 0.05) is 6.04 Å². The molecular weight excluding hydrogens is 156 g/mol. The standard InChI is InChI=1S/C8H12N2O2/c1-2-7(9-3-1)5-11-8-4-10-12-6-8/h4,6-7,9H,1-3,5H2. The van der Waals surface area contributed by atoms with Crippen molar-refractivity contribution in [3.63, 3.8) is 0 Å². The molecule has 2 heterocycles. The molecule has 0 aromatic carbocycles. The number of hydrogen-bond acceptors (Lipinski definition) is 4. The SMILES string of the molecule is c1nocc1OCC1CCCN1. The molecule has 1 aromatic rings. The van der Waals surface area contributed by atoms with Crippen LogP contribution >= 0.6 is 0 Å². The van der Waals surface area contributed by atoms with Crippen LogP contribution in [0.15, 0.2) is 17.0 Å². The highest BCUT2D eigenvalue weighted by molar-refractivity contribution is 5.08. The highest BCUT2D eigenvalue weighted by Gasteiger charge is 2.14. The fourth-order valence-corrected chi connectivity index (χ4v) is 1.36. The Morgan fingerprint density at radius 1 is 1.75 bits per heavy atom. The van der Waals surface area contributed by atoms with Gasteiger partial charge in [-0.2, -0.15) is 0 Å². The number of rotatable bonds is 3. The minimum atomic E-state index is 0.500. The van der Waals surface area contributed by atoms with Crippen molar-refractivity contribution in [2.24, 2.45) is 0 Å². The van der Waals surface area contributed by atoms with Gasteiger partial charge in [-0.05, 0) is 19.4 Å². The first-order valence-corrected chi connectivity index (χ1v) is 4.21. The molecule has 0 bridgehead atoms. The zero-order chi connectivity index (χ0) is 8.23. The summed E-state index contributed by atoms with van der Waals surface area (Å²) in [7, 11) is 0. The van der Waals surface area contributed by atoms with Gasteiger partial charge in [0.25, 0.3) is 0 Å². The van der Waals surface area contributed by atoms with E-state index in [4.69, 9.17) is 4.74 Å². The number of aromatic nitrogens is 1. The molecular formula is C8H12N2O2.